The van der Waals surface area contributed by atoms with E-state index in [1.165, 1.54) is 0 Å². The third-order valence-corrected chi connectivity index (χ3v) is 4.06. The van der Waals surface area contributed by atoms with Gasteiger partial charge in [0.25, 0.3) is 0 Å². The Kier molecular flexibility index (Phi) is 8.32. The summed E-state index contributed by atoms with van der Waals surface area (Å²) in [5.74, 6) is 1.83. The maximum absolute atomic E-state index is 11.2. The van der Waals surface area contributed by atoms with Crippen LogP contribution in [0.15, 0.2) is 0 Å². The fourth-order valence-corrected chi connectivity index (χ4v) is 2.75. The largest absolute Gasteiger partial charge is 0.321 e. The molecule has 0 aromatic carbocycles. The maximum atomic E-state index is 11.2. The monoisotopic (exact) mass is 235 g/mol. The number of ketones is 1. The van der Waals surface area contributed by atoms with Crippen molar-refractivity contribution in [1.82, 2.24) is 0 Å². The Morgan fingerprint density at radius 2 is 2.07 bits per heavy atom. The molecule has 0 aliphatic rings. The second-order valence-corrected chi connectivity index (χ2v) is 5.90. The SMILES string of the molecule is CC(C)C(=O)CCSSCC(N)C=O. The Labute approximate surface area is 93.0 Å². The van der Waals surface area contributed by atoms with Gasteiger partial charge in [-0.1, -0.05) is 35.4 Å². The number of Topliss-reactive ketones (excluding diaryl/α,β-unsaturated/α-hetero) is 1. The van der Waals surface area contributed by atoms with Gasteiger partial charge in [-0.05, 0) is 0 Å². The van der Waals surface area contributed by atoms with Crippen LogP contribution in [0, 0.1) is 5.92 Å². The zero-order valence-electron chi connectivity index (χ0n) is 8.56. The van der Waals surface area contributed by atoms with Crippen molar-refractivity contribution in [3.05, 3.63) is 0 Å². The number of hydrogen-bond donors (Lipinski definition) is 1. The lowest BCUT2D eigenvalue weighted by atomic mass is 10.1. The minimum absolute atomic E-state index is 0.123. The van der Waals surface area contributed by atoms with Crippen molar-refractivity contribution in [2.75, 3.05) is 11.5 Å². The number of rotatable bonds is 8. The number of hydrogen-bond acceptors (Lipinski definition) is 5. The van der Waals surface area contributed by atoms with E-state index < -0.39 is 0 Å². The smallest absolute Gasteiger partial charge is 0.137 e. The molecule has 3 nitrogen and oxygen atoms in total. The van der Waals surface area contributed by atoms with Crippen molar-refractivity contribution < 1.29 is 9.59 Å². The average molecular weight is 235 g/mol. The molecule has 0 rings (SSSR count). The van der Waals surface area contributed by atoms with Crippen LogP contribution in [0.1, 0.15) is 20.3 Å². The summed E-state index contributed by atoms with van der Waals surface area (Å²) in [7, 11) is 3.15. The molecule has 0 aliphatic heterocycles. The predicted molar refractivity (Wildman–Crippen MR) is 63.4 cm³/mol. The maximum Gasteiger partial charge on any atom is 0.137 e. The van der Waals surface area contributed by atoms with Crippen LogP contribution in [0.25, 0.3) is 0 Å². The van der Waals surface area contributed by atoms with Gasteiger partial charge in [0.1, 0.15) is 12.1 Å². The van der Waals surface area contributed by atoms with Crippen LogP contribution in [0.2, 0.25) is 0 Å². The molecule has 14 heavy (non-hydrogen) atoms. The first-order chi connectivity index (χ1) is 6.57. The van der Waals surface area contributed by atoms with Gasteiger partial charge in [0.05, 0.1) is 6.04 Å². The van der Waals surface area contributed by atoms with E-state index in [1.54, 1.807) is 21.6 Å². The van der Waals surface area contributed by atoms with E-state index in [-0.39, 0.29) is 17.7 Å². The lowest BCUT2D eigenvalue weighted by Crippen LogP contribution is -2.23. The summed E-state index contributed by atoms with van der Waals surface area (Å²) >= 11 is 0. The number of carbonyl (C=O) groups excluding carboxylic acids is 2. The van der Waals surface area contributed by atoms with Gasteiger partial charge in [0.2, 0.25) is 0 Å². The van der Waals surface area contributed by atoms with Crippen LogP contribution in [0.3, 0.4) is 0 Å². The molecule has 2 N–H and O–H groups in total. The highest BCUT2D eigenvalue weighted by molar-refractivity contribution is 8.76. The highest BCUT2D eigenvalue weighted by atomic mass is 33.1. The van der Waals surface area contributed by atoms with Gasteiger partial charge in [-0.25, -0.2) is 0 Å². The van der Waals surface area contributed by atoms with E-state index in [1.807, 2.05) is 13.8 Å². The first-order valence-corrected chi connectivity index (χ1v) is 7.04. The van der Waals surface area contributed by atoms with Gasteiger partial charge in [0, 0.05) is 23.8 Å². The lowest BCUT2D eigenvalue weighted by molar-refractivity contribution is -0.121. The van der Waals surface area contributed by atoms with Crippen molar-refractivity contribution in [3.8, 4) is 0 Å². The van der Waals surface area contributed by atoms with Gasteiger partial charge in [0.15, 0.2) is 0 Å². The molecule has 0 bridgehead atoms. The molecule has 0 fully saturated rings. The molecule has 0 aromatic rings. The molecule has 0 spiro atoms. The van der Waals surface area contributed by atoms with Gasteiger partial charge >= 0.3 is 0 Å². The van der Waals surface area contributed by atoms with E-state index in [4.69, 9.17) is 5.73 Å². The Morgan fingerprint density at radius 1 is 1.43 bits per heavy atom. The predicted octanol–water partition coefficient (Wildman–Crippen LogP) is 1.51. The van der Waals surface area contributed by atoms with E-state index in [0.717, 1.165) is 12.0 Å². The van der Waals surface area contributed by atoms with Crippen molar-refractivity contribution >= 4 is 33.7 Å². The van der Waals surface area contributed by atoms with Crippen molar-refractivity contribution in [1.29, 1.82) is 0 Å². The number of aldehydes is 1. The minimum Gasteiger partial charge on any atom is -0.321 e. The molecule has 0 aliphatic carbocycles. The third-order valence-electron chi connectivity index (χ3n) is 1.59. The Balaban J connectivity index is 3.30. The summed E-state index contributed by atoms with van der Waals surface area (Å²) in [5.41, 5.74) is 5.39. The van der Waals surface area contributed by atoms with Crippen molar-refractivity contribution in [2.24, 2.45) is 11.7 Å². The van der Waals surface area contributed by atoms with Crippen LogP contribution >= 0.6 is 21.6 Å². The Morgan fingerprint density at radius 3 is 2.57 bits per heavy atom. The van der Waals surface area contributed by atoms with Gasteiger partial charge < -0.3 is 10.5 Å². The van der Waals surface area contributed by atoms with E-state index >= 15 is 0 Å². The van der Waals surface area contributed by atoms with Gasteiger partial charge in [-0.15, -0.1) is 0 Å². The third kappa shape index (κ3) is 7.41. The zero-order chi connectivity index (χ0) is 11.0. The molecular formula is C9H17NO2S2. The first kappa shape index (κ1) is 14.0. The van der Waals surface area contributed by atoms with E-state index in [2.05, 4.69) is 0 Å². The summed E-state index contributed by atoms with van der Waals surface area (Å²) in [6.45, 7) is 3.81. The molecule has 0 saturated carbocycles. The standard InChI is InChI=1S/C9H17NO2S2/c1-7(2)9(12)3-4-13-14-6-8(10)5-11/h5,7-8H,3-4,6,10H2,1-2H3. The van der Waals surface area contributed by atoms with E-state index in [9.17, 15) is 9.59 Å². The molecule has 0 radical (unpaired) electrons. The van der Waals surface area contributed by atoms with Gasteiger partial charge in [-0.3, -0.25) is 4.79 Å². The number of carbonyl (C=O) groups is 2. The molecule has 1 atom stereocenters. The molecule has 5 heteroatoms. The second-order valence-electron chi connectivity index (χ2n) is 3.28. The van der Waals surface area contributed by atoms with Crippen LogP contribution in [-0.2, 0) is 9.59 Å². The second kappa shape index (κ2) is 8.32. The van der Waals surface area contributed by atoms with Crippen LogP contribution in [-0.4, -0.2) is 29.6 Å². The summed E-state index contributed by atoms with van der Waals surface area (Å²) in [6, 6.07) is -0.381. The Hall–Kier alpha value is -0.0000000000000000555. The molecule has 0 heterocycles. The first-order valence-electron chi connectivity index (χ1n) is 4.56. The lowest BCUT2D eigenvalue weighted by Gasteiger charge is -2.04. The fourth-order valence-electron chi connectivity index (χ4n) is 0.656. The van der Waals surface area contributed by atoms with Crippen LogP contribution in [0.4, 0.5) is 0 Å². The Bertz CT molecular complexity index is 186. The molecular weight excluding hydrogens is 218 g/mol. The minimum atomic E-state index is -0.381. The highest BCUT2D eigenvalue weighted by Gasteiger charge is 2.06. The highest BCUT2D eigenvalue weighted by Crippen LogP contribution is 2.22. The van der Waals surface area contributed by atoms with Gasteiger partial charge in [-0.2, -0.15) is 0 Å². The summed E-state index contributed by atoms with van der Waals surface area (Å²) in [4.78, 5) is 21.4. The summed E-state index contributed by atoms with van der Waals surface area (Å²) < 4.78 is 0. The van der Waals surface area contributed by atoms with Crippen molar-refractivity contribution in [3.63, 3.8) is 0 Å². The molecule has 0 saturated heterocycles. The summed E-state index contributed by atoms with van der Waals surface area (Å²) in [6.07, 6.45) is 1.35. The summed E-state index contributed by atoms with van der Waals surface area (Å²) in [5, 5.41) is 0. The van der Waals surface area contributed by atoms with Crippen LogP contribution < -0.4 is 5.73 Å². The topological polar surface area (TPSA) is 60.2 Å². The fraction of sp³-hybridized carbons (Fsp3) is 0.778. The average Bonchev–Trinajstić information content (AvgIpc) is 2.16. The van der Waals surface area contributed by atoms with E-state index in [0.29, 0.717) is 12.2 Å². The molecule has 0 aromatic heterocycles. The normalized spacial score (nSPS) is 12.9. The zero-order valence-corrected chi connectivity index (χ0v) is 10.2. The van der Waals surface area contributed by atoms with Crippen molar-refractivity contribution in [2.45, 2.75) is 26.3 Å². The van der Waals surface area contributed by atoms with Crippen LogP contribution in [0.5, 0.6) is 0 Å². The quantitative estimate of drug-likeness (QED) is 0.392. The molecule has 0 amide bonds. The number of nitrogens with two attached hydrogens (primary N) is 1. The molecule has 82 valence electrons. The molecule has 1 unspecified atom stereocenters.